The topological polar surface area (TPSA) is 97.2 Å². The Hall–Kier alpha value is -2.70. The number of carbonyl (C=O) groups is 1. The van der Waals surface area contributed by atoms with Gasteiger partial charge in [0, 0.05) is 36.1 Å². The monoisotopic (exact) mass is 286 g/mol. The van der Waals surface area contributed by atoms with Crippen LogP contribution in [0.25, 0.3) is 10.8 Å². The third-order valence-corrected chi connectivity index (χ3v) is 3.61. The highest BCUT2D eigenvalue weighted by atomic mass is 16.6. The molecule has 1 aliphatic heterocycles. The molecule has 0 saturated carbocycles. The van der Waals surface area contributed by atoms with Crippen LogP contribution < -0.4 is 10.6 Å². The van der Waals surface area contributed by atoms with Crippen molar-refractivity contribution in [2.45, 2.75) is 18.9 Å². The summed E-state index contributed by atoms with van der Waals surface area (Å²) in [6, 6.07) is 4.37. The summed E-state index contributed by atoms with van der Waals surface area (Å²) in [6.07, 6.45) is 4.75. The minimum absolute atomic E-state index is 0.0334. The standard InChI is InChI=1S/C14H14N4O3/c19-14-12(2-1-6-16-14)17-11-3-4-13(18(20)21)9-5-7-15-8-10(9)11/h3-5,7-8,12,17H,1-2,6H2,(H,16,19). The lowest BCUT2D eigenvalue weighted by molar-refractivity contribution is -0.383. The Morgan fingerprint density at radius 2 is 2.19 bits per heavy atom. The van der Waals surface area contributed by atoms with E-state index in [0.717, 1.165) is 12.8 Å². The lowest BCUT2D eigenvalue weighted by Gasteiger charge is -2.24. The normalized spacial score (nSPS) is 18.3. The van der Waals surface area contributed by atoms with E-state index in [2.05, 4.69) is 15.6 Å². The second-order valence-corrected chi connectivity index (χ2v) is 4.94. The minimum Gasteiger partial charge on any atom is -0.373 e. The molecule has 1 amide bonds. The van der Waals surface area contributed by atoms with Gasteiger partial charge in [0.05, 0.1) is 10.3 Å². The molecule has 1 saturated heterocycles. The molecule has 3 rings (SSSR count). The molecule has 7 heteroatoms. The Bertz CT molecular complexity index is 716. The van der Waals surface area contributed by atoms with Crippen LogP contribution in [0.15, 0.2) is 30.6 Å². The van der Waals surface area contributed by atoms with E-state index in [1.54, 1.807) is 18.3 Å². The number of nitrogens with one attached hydrogen (secondary N) is 2. The quantitative estimate of drug-likeness (QED) is 0.662. The van der Waals surface area contributed by atoms with Crippen molar-refractivity contribution in [3.63, 3.8) is 0 Å². The lowest BCUT2D eigenvalue weighted by Crippen LogP contribution is -2.44. The molecule has 1 aliphatic rings. The molecular formula is C14H14N4O3. The number of fused-ring (bicyclic) bond motifs is 1. The first kappa shape index (κ1) is 13.3. The molecule has 108 valence electrons. The highest BCUT2D eigenvalue weighted by Gasteiger charge is 2.23. The summed E-state index contributed by atoms with van der Waals surface area (Å²) in [4.78, 5) is 26.5. The summed E-state index contributed by atoms with van der Waals surface area (Å²) >= 11 is 0. The number of hydrogen-bond acceptors (Lipinski definition) is 5. The summed E-state index contributed by atoms with van der Waals surface area (Å²) in [5.41, 5.74) is 0.719. The Labute approximate surface area is 120 Å². The van der Waals surface area contributed by atoms with Crippen LogP contribution in [0.4, 0.5) is 11.4 Å². The van der Waals surface area contributed by atoms with Crippen LogP contribution in [0, 0.1) is 10.1 Å². The molecule has 2 aromatic rings. The van der Waals surface area contributed by atoms with E-state index in [1.165, 1.54) is 12.3 Å². The van der Waals surface area contributed by atoms with Crippen LogP contribution in [0.1, 0.15) is 12.8 Å². The number of amides is 1. The van der Waals surface area contributed by atoms with Crippen molar-refractivity contribution in [1.29, 1.82) is 0 Å². The molecule has 0 spiro atoms. The number of nitro groups is 1. The summed E-state index contributed by atoms with van der Waals surface area (Å²) in [6.45, 7) is 0.694. The molecular weight excluding hydrogens is 272 g/mol. The zero-order valence-corrected chi connectivity index (χ0v) is 11.2. The van der Waals surface area contributed by atoms with Crippen LogP contribution in [-0.2, 0) is 4.79 Å². The highest BCUT2D eigenvalue weighted by Crippen LogP contribution is 2.31. The van der Waals surface area contributed by atoms with Gasteiger partial charge in [-0.25, -0.2) is 0 Å². The van der Waals surface area contributed by atoms with Crippen molar-refractivity contribution in [3.05, 3.63) is 40.7 Å². The zero-order chi connectivity index (χ0) is 14.8. The summed E-state index contributed by atoms with van der Waals surface area (Å²) < 4.78 is 0. The van der Waals surface area contributed by atoms with Gasteiger partial charge < -0.3 is 10.6 Å². The molecule has 7 nitrogen and oxygen atoms in total. The average molecular weight is 286 g/mol. The second kappa shape index (κ2) is 5.35. The van der Waals surface area contributed by atoms with E-state index in [-0.39, 0.29) is 17.6 Å². The first-order chi connectivity index (χ1) is 10.2. The molecule has 1 atom stereocenters. The number of rotatable bonds is 3. The van der Waals surface area contributed by atoms with Crippen LogP contribution in [0.3, 0.4) is 0 Å². The Balaban J connectivity index is 2.01. The van der Waals surface area contributed by atoms with Gasteiger partial charge in [0.25, 0.3) is 5.69 Å². The number of piperidine rings is 1. The fourth-order valence-electron chi connectivity index (χ4n) is 2.56. The van der Waals surface area contributed by atoms with Crippen molar-refractivity contribution in [2.75, 3.05) is 11.9 Å². The molecule has 2 N–H and O–H groups in total. The highest BCUT2D eigenvalue weighted by molar-refractivity contribution is 6.00. The number of anilines is 1. The number of nitrogens with zero attached hydrogens (tertiary/aromatic N) is 2. The molecule has 1 fully saturated rings. The van der Waals surface area contributed by atoms with Crippen molar-refractivity contribution in [1.82, 2.24) is 10.3 Å². The summed E-state index contributed by atoms with van der Waals surface area (Å²) in [7, 11) is 0. The first-order valence-electron chi connectivity index (χ1n) is 6.72. The van der Waals surface area contributed by atoms with Gasteiger partial charge in [-0.2, -0.15) is 0 Å². The van der Waals surface area contributed by atoms with Crippen LogP contribution in [-0.4, -0.2) is 28.4 Å². The number of aromatic nitrogens is 1. The third kappa shape index (κ3) is 2.49. The maximum absolute atomic E-state index is 11.8. The number of carbonyl (C=O) groups excluding carboxylic acids is 1. The van der Waals surface area contributed by atoms with Crippen molar-refractivity contribution < 1.29 is 9.72 Å². The molecule has 1 aromatic carbocycles. The second-order valence-electron chi connectivity index (χ2n) is 4.94. The lowest BCUT2D eigenvalue weighted by atomic mass is 10.0. The van der Waals surface area contributed by atoms with Crippen molar-refractivity contribution in [2.24, 2.45) is 0 Å². The van der Waals surface area contributed by atoms with Gasteiger partial charge in [0.1, 0.15) is 6.04 Å². The van der Waals surface area contributed by atoms with Crippen LogP contribution in [0.2, 0.25) is 0 Å². The van der Waals surface area contributed by atoms with Crippen molar-refractivity contribution >= 4 is 28.1 Å². The maximum atomic E-state index is 11.8. The van der Waals surface area contributed by atoms with E-state index in [4.69, 9.17) is 0 Å². The minimum atomic E-state index is -0.417. The average Bonchev–Trinajstić information content (AvgIpc) is 2.49. The summed E-state index contributed by atoms with van der Waals surface area (Å²) in [5, 5.41) is 18.2. The van der Waals surface area contributed by atoms with Gasteiger partial charge in [-0.05, 0) is 25.0 Å². The number of non-ortho nitro benzene ring substituents is 1. The van der Waals surface area contributed by atoms with Crippen molar-refractivity contribution in [3.8, 4) is 0 Å². The Morgan fingerprint density at radius 3 is 2.95 bits per heavy atom. The number of hydrogen-bond donors (Lipinski definition) is 2. The Morgan fingerprint density at radius 1 is 1.33 bits per heavy atom. The molecule has 2 heterocycles. The SMILES string of the molecule is O=C1NCCCC1Nc1ccc([N+](=O)[O-])c2ccncc12. The van der Waals surface area contributed by atoms with Crippen LogP contribution >= 0.6 is 0 Å². The van der Waals surface area contributed by atoms with Gasteiger partial charge in [-0.15, -0.1) is 0 Å². The molecule has 0 radical (unpaired) electrons. The first-order valence-corrected chi connectivity index (χ1v) is 6.72. The molecule has 0 bridgehead atoms. The molecule has 0 aliphatic carbocycles. The number of pyridine rings is 1. The number of nitro benzene ring substituents is 1. The van der Waals surface area contributed by atoms with Gasteiger partial charge in [0.2, 0.25) is 5.91 Å². The maximum Gasteiger partial charge on any atom is 0.277 e. The van der Waals surface area contributed by atoms with E-state index < -0.39 is 4.92 Å². The van der Waals surface area contributed by atoms with E-state index in [0.29, 0.717) is 23.0 Å². The third-order valence-electron chi connectivity index (χ3n) is 3.61. The molecule has 1 unspecified atom stereocenters. The molecule has 1 aromatic heterocycles. The van der Waals surface area contributed by atoms with E-state index >= 15 is 0 Å². The summed E-state index contributed by atoms with van der Waals surface area (Å²) in [5.74, 6) is -0.0448. The van der Waals surface area contributed by atoms with Gasteiger partial charge >= 0.3 is 0 Å². The van der Waals surface area contributed by atoms with Gasteiger partial charge in [0.15, 0.2) is 0 Å². The Kier molecular flexibility index (Phi) is 3.39. The fourth-order valence-corrected chi connectivity index (χ4v) is 2.56. The number of benzene rings is 1. The van der Waals surface area contributed by atoms with E-state index in [1.807, 2.05) is 0 Å². The van der Waals surface area contributed by atoms with Gasteiger partial charge in [-0.1, -0.05) is 0 Å². The van der Waals surface area contributed by atoms with Crippen LogP contribution in [0.5, 0.6) is 0 Å². The molecule has 21 heavy (non-hydrogen) atoms. The zero-order valence-electron chi connectivity index (χ0n) is 11.2. The van der Waals surface area contributed by atoms with E-state index in [9.17, 15) is 14.9 Å². The largest absolute Gasteiger partial charge is 0.373 e. The fraction of sp³-hybridized carbons (Fsp3) is 0.286. The smallest absolute Gasteiger partial charge is 0.277 e. The predicted octanol–water partition coefficient (Wildman–Crippen LogP) is 1.83. The predicted molar refractivity (Wildman–Crippen MR) is 78.1 cm³/mol. The van der Waals surface area contributed by atoms with Gasteiger partial charge in [-0.3, -0.25) is 19.9 Å².